The van der Waals surface area contributed by atoms with Crippen LogP contribution < -0.4 is 0 Å². The second-order valence-electron chi connectivity index (χ2n) is 17.5. The predicted molar refractivity (Wildman–Crippen MR) is 250 cm³/mol. The van der Waals surface area contributed by atoms with Crippen LogP contribution in [0, 0.1) is 55.4 Å². The first-order valence-corrected chi connectivity index (χ1v) is 20.7. The molecule has 0 amide bonds. The Morgan fingerprint density at radius 2 is 0.483 bits per heavy atom. The lowest BCUT2D eigenvalue weighted by Crippen LogP contribution is -1.95. The Kier molecular flexibility index (Phi) is 7.48. The average Bonchev–Trinajstić information content (AvgIpc) is 3.68. The van der Waals surface area contributed by atoms with Crippen LogP contribution >= 0.6 is 0 Å². The van der Waals surface area contributed by atoms with Gasteiger partial charge in [0, 0.05) is 0 Å². The first kappa shape index (κ1) is 34.7. The molecule has 9 aromatic carbocycles. The highest BCUT2D eigenvalue weighted by molar-refractivity contribution is 6.33. The van der Waals surface area contributed by atoms with E-state index in [1.165, 1.54) is 155 Å². The number of fused-ring (bicyclic) bond motifs is 7. The molecule has 0 spiro atoms. The summed E-state index contributed by atoms with van der Waals surface area (Å²) in [5.41, 5.74) is 31.5. The number of hydrogen-bond donors (Lipinski definition) is 0. The van der Waals surface area contributed by atoms with Crippen molar-refractivity contribution in [1.82, 2.24) is 0 Å². The number of rotatable bonds is 4. The first-order chi connectivity index (χ1) is 28.0. The van der Waals surface area contributed by atoms with E-state index < -0.39 is 0 Å². The fourth-order valence-corrected chi connectivity index (χ4v) is 11.0. The monoisotopic (exact) mass is 742 g/mol. The summed E-state index contributed by atoms with van der Waals surface area (Å²) in [7, 11) is 0. The van der Waals surface area contributed by atoms with E-state index in [4.69, 9.17) is 0 Å². The van der Waals surface area contributed by atoms with Gasteiger partial charge in [0.15, 0.2) is 0 Å². The molecule has 0 bridgehead atoms. The fourth-order valence-electron chi connectivity index (χ4n) is 11.0. The predicted octanol–water partition coefficient (Wildman–Crippen LogP) is 16.4. The van der Waals surface area contributed by atoms with Gasteiger partial charge in [0.2, 0.25) is 0 Å². The SMILES string of the molecule is Cc1cc(C)cc(-c2ccc(-c3cc(C)cc(C)c3)c3c2-c2ccc4c5c(ccc-3c25)-c2c-4c(-c3cc(C)cc(C)c3)c3ccccc3c2-c2cc(C)cc(C)c2)c1. The zero-order valence-corrected chi connectivity index (χ0v) is 34.7. The van der Waals surface area contributed by atoms with Crippen molar-refractivity contribution in [2.45, 2.75) is 55.4 Å². The summed E-state index contributed by atoms with van der Waals surface area (Å²) in [6, 6.07) is 52.0. The molecule has 0 heterocycles. The summed E-state index contributed by atoms with van der Waals surface area (Å²) < 4.78 is 0. The molecule has 0 aliphatic heterocycles. The molecule has 0 nitrogen and oxygen atoms in total. The van der Waals surface area contributed by atoms with E-state index in [0.29, 0.717) is 0 Å². The maximum absolute atomic E-state index is 2.47. The Bertz CT molecular complexity index is 3000. The maximum Gasteiger partial charge on any atom is -0.000740 e. The molecule has 2 aliphatic rings. The third-order valence-electron chi connectivity index (χ3n) is 12.7. The highest BCUT2D eigenvalue weighted by Gasteiger charge is 2.36. The van der Waals surface area contributed by atoms with Gasteiger partial charge in [0.25, 0.3) is 0 Å². The van der Waals surface area contributed by atoms with Gasteiger partial charge >= 0.3 is 0 Å². The minimum Gasteiger partial charge on any atom is -0.0616 e. The lowest BCUT2D eigenvalue weighted by molar-refractivity contribution is 1.38. The molecule has 0 saturated heterocycles. The van der Waals surface area contributed by atoms with Crippen LogP contribution in [0.3, 0.4) is 0 Å². The summed E-state index contributed by atoms with van der Waals surface area (Å²) in [5.74, 6) is 0. The Morgan fingerprint density at radius 1 is 0.224 bits per heavy atom. The Hall–Kier alpha value is -6.50. The van der Waals surface area contributed by atoms with E-state index >= 15 is 0 Å². The van der Waals surface area contributed by atoms with Crippen LogP contribution in [0.2, 0.25) is 0 Å². The van der Waals surface area contributed by atoms with Crippen molar-refractivity contribution in [3.05, 3.63) is 178 Å². The van der Waals surface area contributed by atoms with Crippen molar-refractivity contribution in [2.24, 2.45) is 0 Å². The van der Waals surface area contributed by atoms with Crippen LogP contribution in [-0.2, 0) is 0 Å². The molecule has 0 atom stereocenters. The molecule has 58 heavy (non-hydrogen) atoms. The molecule has 9 aromatic rings. The van der Waals surface area contributed by atoms with E-state index in [9.17, 15) is 0 Å². The summed E-state index contributed by atoms with van der Waals surface area (Å²) in [5, 5.41) is 5.37. The Labute approximate surface area is 342 Å². The lowest BCUT2D eigenvalue weighted by atomic mass is 9.81. The summed E-state index contributed by atoms with van der Waals surface area (Å²) in [4.78, 5) is 0. The van der Waals surface area contributed by atoms with Crippen LogP contribution in [0.15, 0.2) is 133 Å². The summed E-state index contributed by atoms with van der Waals surface area (Å²) in [6.07, 6.45) is 0. The van der Waals surface area contributed by atoms with E-state index in [1.54, 1.807) is 0 Å². The molecule has 278 valence electrons. The van der Waals surface area contributed by atoms with Crippen molar-refractivity contribution in [2.75, 3.05) is 0 Å². The Balaban J connectivity index is 1.30. The second kappa shape index (κ2) is 12.5. The van der Waals surface area contributed by atoms with Crippen LogP contribution in [0.1, 0.15) is 44.5 Å². The van der Waals surface area contributed by atoms with Gasteiger partial charge in [0.1, 0.15) is 0 Å². The fraction of sp³-hybridized carbons (Fsp3) is 0.138. The second-order valence-corrected chi connectivity index (χ2v) is 17.5. The van der Waals surface area contributed by atoms with Crippen LogP contribution in [0.4, 0.5) is 0 Å². The normalized spacial score (nSPS) is 12.1. The molecule has 11 rings (SSSR count). The molecule has 0 radical (unpaired) electrons. The van der Waals surface area contributed by atoms with Crippen molar-refractivity contribution in [3.63, 3.8) is 0 Å². The minimum absolute atomic E-state index is 1.28. The number of aryl methyl sites for hydroxylation is 8. The van der Waals surface area contributed by atoms with E-state index in [-0.39, 0.29) is 0 Å². The highest BCUT2D eigenvalue weighted by Crippen LogP contribution is 2.63. The van der Waals surface area contributed by atoms with Crippen molar-refractivity contribution < 1.29 is 0 Å². The third kappa shape index (κ3) is 5.07. The molecular formula is C58H46. The lowest BCUT2D eigenvalue weighted by Gasteiger charge is -2.21. The topological polar surface area (TPSA) is 0 Å². The third-order valence-corrected chi connectivity index (χ3v) is 12.7. The van der Waals surface area contributed by atoms with Gasteiger partial charge in [-0.05, 0) is 166 Å². The molecule has 0 unspecified atom stereocenters. The average molecular weight is 743 g/mol. The number of benzene rings is 9. The van der Waals surface area contributed by atoms with Gasteiger partial charge in [-0.15, -0.1) is 0 Å². The molecule has 0 N–H and O–H groups in total. The van der Waals surface area contributed by atoms with Crippen molar-refractivity contribution >= 4 is 21.5 Å². The Morgan fingerprint density at radius 3 is 0.793 bits per heavy atom. The molecule has 2 aliphatic carbocycles. The summed E-state index contributed by atoms with van der Waals surface area (Å²) in [6.45, 7) is 17.8. The van der Waals surface area contributed by atoms with Crippen molar-refractivity contribution in [3.8, 4) is 89.0 Å². The smallest absolute Gasteiger partial charge is 0.000740 e. The van der Waals surface area contributed by atoms with Gasteiger partial charge < -0.3 is 0 Å². The molecule has 0 saturated carbocycles. The van der Waals surface area contributed by atoms with Crippen LogP contribution in [0.25, 0.3) is 111 Å². The van der Waals surface area contributed by atoms with Gasteiger partial charge in [-0.3, -0.25) is 0 Å². The van der Waals surface area contributed by atoms with E-state index in [0.717, 1.165) is 0 Å². The van der Waals surface area contributed by atoms with Gasteiger partial charge in [-0.1, -0.05) is 178 Å². The molecule has 0 fully saturated rings. The van der Waals surface area contributed by atoms with Crippen LogP contribution in [0.5, 0.6) is 0 Å². The van der Waals surface area contributed by atoms with Gasteiger partial charge in [-0.2, -0.15) is 0 Å². The van der Waals surface area contributed by atoms with E-state index in [1.807, 2.05) is 0 Å². The molecule has 0 heteroatoms. The largest absolute Gasteiger partial charge is 0.0616 e. The van der Waals surface area contributed by atoms with Gasteiger partial charge in [-0.25, -0.2) is 0 Å². The maximum atomic E-state index is 2.47. The standard InChI is InChI=1S/C58H46/c1-31-19-32(2)24-39(23-31)43-13-14-44(40-25-33(3)20-34(4)26-40)54-48-16-18-50-56-49(17-15-47(53(43)54)55(48)56)57-51(41-27-35(5)21-36(6)28-41)45-11-9-10-12-46(45)52(58(50)57)42-29-37(7)22-38(8)30-42/h9-30H,1-8H3. The van der Waals surface area contributed by atoms with Gasteiger partial charge in [0.05, 0.1) is 0 Å². The van der Waals surface area contributed by atoms with Crippen molar-refractivity contribution in [1.29, 1.82) is 0 Å². The first-order valence-electron chi connectivity index (χ1n) is 20.7. The zero-order valence-electron chi connectivity index (χ0n) is 34.7. The minimum atomic E-state index is 1.28. The quantitative estimate of drug-likeness (QED) is 0.168. The number of hydrogen-bond acceptors (Lipinski definition) is 0. The molecular weight excluding hydrogens is 697 g/mol. The van der Waals surface area contributed by atoms with Crippen LogP contribution in [-0.4, -0.2) is 0 Å². The highest BCUT2D eigenvalue weighted by atomic mass is 14.4. The summed E-state index contributed by atoms with van der Waals surface area (Å²) >= 11 is 0. The zero-order chi connectivity index (χ0) is 39.7. The molecule has 0 aromatic heterocycles. The van der Waals surface area contributed by atoms with E-state index in [2.05, 4.69) is 189 Å².